The van der Waals surface area contributed by atoms with Gasteiger partial charge in [0.2, 0.25) is 0 Å². The van der Waals surface area contributed by atoms with Crippen molar-refractivity contribution >= 4 is 43.1 Å². The predicted molar refractivity (Wildman–Crippen MR) is 202 cm³/mol. The number of hydrogen-bond acceptors (Lipinski definition) is 0. The Morgan fingerprint density at radius 3 is 1.53 bits per heavy atom. The SMILES string of the molecule is CC1(C)c2ccccc2-c2cccc3c(-c4cccc(-c5ccc6ccc7c(-c8ccccc8)ccc8ccc5c6c87)c4)ccc1c23. The lowest BCUT2D eigenvalue weighted by Gasteiger charge is -2.35. The van der Waals surface area contributed by atoms with E-state index >= 15 is 0 Å². The number of benzene rings is 9. The average molecular weight is 597 g/mol. The summed E-state index contributed by atoms with van der Waals surface area (Å²) in [5.74, 6) is 0. The molecule has 0 heterocycles. The van der Waals surface area contributed by atoms with Crippen molar-refractivity contribution in [2.75, 3.05) is 0 Å². The summed E-state index contributed by atoms with van der Waals surface area (Å²) in [5.41, 5.74) is 13.0. The van der Waals surface area contributed by atoms with Gasteiger partial charge in [0.15, 0.2) is 0 Å². The van der Waals surface area contributed by atoms with Crippen LogP contribution in [0.1, 0.15) is 25.0 Å². The molecule has 0 amide bonds. The third-order valence-electron chi connectivity index (χ3n) is 10.8. The van der Waals surface area contributed by atoms with E-state index < -0.39 is 0 Å². The Morgan fingerprint density at radius 2 is 0.830 bits per heavy atom. The van der Waals surface area contributed by atoms with Gasteiger partial charge in [-0.25, -0.2) is 0 Å². The third kappa shape index (κ3) is 3.70. The molecule has 0 heteroatoms. The summed E-state index contributed by atoms with van der Waals surface area (Å²) in [6.45, 7) is 4.74. The lowest BCUT2D eigenvalue weighted by molar-refractivity contribution is 0.645. The zero-order valence-corrected chi connectivity index (χ0v) is 26.5. The topological polar surface area (TPSA) is 0 Å². The van der Waals surface area contributed by atoms with Crippen LogP contribution in [0.3, 0.4) is 0 Å². The summed E-state index contributed by atoms with van der Waals surface area (Å²) in [5, 5.41) is 10.6. The summed E-state index contributed by atoms with van der Waals surface area (Å²) >= 11 is 0. The second-order valence-electron chi connectivity index (χ2n) is 13.7. The Labute approximate surface area is 274 Å². The van der Waals surface area contributed by atoms with Gasteiger partial charge in [0.05, 0.1) is 0 Å². The molecule has 220 valence electrons. The third-order valence-corrected chi connectivity index (χ3v) is 10.8. The van der Waals surface area contributed by atoms with Crippen molar-refractivity contribution in [3.05, 3.63) is 169 Å². The van der Waals surface area contributed by atoms with Gasteiger partial charge in [-0.3, -0.25) is 0 Å². The Hall–Kier alpha value is -5.72. The van der Waals surface area contributed by atoms with Crippen LogP contribution in [0, 0.1) is 0 Å². The van der Waals surface area contributed by atoms with Crippen LogP contribution in [-0.4, -0.2) is 0 Å². The monoisotopic (exact) mass is 596 g/mol. The normalized spacial score (nSPS) is 13.5. The summed E-state index contributed by atoms with van der Waals surface area (Å²) in [7, 11) is 0. The van der Waals surface area contributed by atoms with Crippen molar-refractivity contribution < 1.29 is 0 Å². The van der Waals surface area contributed by atoms with Crippen LogP contribution < -0.4 is 0 Å². The van der Waals surface area contributed by atoms with Crippen molar-refractivity contribution in [1.29, 1.82) is 0 Å². The molecule has 9 aromatic rings. The van der Waals surface area contributed by atoms with E-state index in [1.165, 1.54) is 98.7 Å². The summed E-state index contributed by atoms with van der Waals surface area (Å²) in [6.07, 6.45) is 0. The first kappa shape index (κ1) is 26.5. The number of rotatable bonds is 3. The van der Waals surface area contributed by atoms with Gasteiger partial charge in [0, 0.05) is 5.41 Å². The first-order chi connectivity index (χ1) is 23.1. The lowest BCUT2D eigenvalue weighted by Crippen LogP contribution is -2.23. The molecule has 9 aromatic carbocycles. The minimum atomic E-state index is -0.0638. The van der Waals surface area contributed by atoms with E-state index in [1.54, 1.807) is 0 Å². The molecule has 0 N–H and O–H groups in total. The summed E-state index contributed by atoms with van der Waals surface area (Å²) in [4.78, 5) is 0. The molecule has 0 aromatic heterocycles. The molecule has 0 aliphatic heterocycles. The quantitative estimate of drug-likeness (QED) is 0.178. The molecular formula is C47H32. The van der Waals surface area contributed by atoms with Gasteiger partial charge < -0.3 is 0 Å². The minimum absolute atomic E-state index is 0.0638. The highest BCUT2D eigenvalue weighted by atomic mass is 14.4. The highest BCUT2D eigenvalue weighted by molar-refractivity contribution is 6.27. The predicted octanol–water partition coefficient (Wildman–Crippen LogP) is 13.0. The molecule has 1 aliphatic carbocycles. The zero-order valence-electron chi connectivity index (χ0n) is 26.5. The van der Waals surface area contributed by atoms with Crippen LogP contribution in [-0.2, 0) is 5.41 Å². The fourth-order valence-electron chi connectivity index (χ4n) is 8.59. The molecule has 0 nitrogen and oxygen atoms in total. The number of hydrogen-bond donors (Lipinski definition) is 0. The molecule has 10 rings (SSSR count). The van der Waals surface area contributed by atoms with Crippen molar-refractivity contribution in [1.82, 2.24) is 0 Å². The van der Waals surface area contributed by atoms with Crippen LogP contribution in [0.2, 0.25) is 0 Å². The zero-order chi connectivity index (χ0) is 31.3. The van der Waals surface area contributed by atoms with Gasteiger partial charge in [-0.15, -0.1) is 0 Å². The molecule has 0 saturated carbocycles. The smallest absolute Gasteiger partial charge is 0.0159 e. The highest BCUT2D eigenvalue weighted by Crippen LogP contribution is 2.50. The Balaban J connectivity index is 1.18. The van der Waals surface area contributed by atoms with Crippen molar-refractivity contribution in [2.24, 2.45) is 0 Å². The summed E-state index contributed by atoms with van der Waals surface area (Å²) in [6, 6.07) is 58.9. The van der Waals surface area contributed by atoms with Gasteiger partial charge in [-0.1, -0.05) is 166 Å². The molecule has 0 spiro atoms. The standard InChI is InChI=1S/C47H32/c1-47(2)42-17-7-6-14-37(42)39-16-9-15-38-36(26-27-43(47)46(38)39)33-13-8-12-32(28-33)35-23-19-31-20-24-40-34(29-10-4-3-5-11-29)22-18-30-21-25-41(35)45(31)44(30)40/h3-28H,1-2H3. The molecule has 47 heavy (non-hydrogen) atoms. The van der Waals surface area contributed by atoms with Gasteiger partial charge >= 0.3 is 0 Å². The van der Waals surface area contributed by atoms with Gasteiger partial charge in [0.1, 0.15) is 0 Å². The molecule has 0 unspecified atom stereocenters. The maximum atomic E-state index is 2.40. The Morgan fingerprint density at radius 1 is 0.319 bits per heavy atom. The van der Waals surface area contributed by atoms with E-state index in [4.69, 9.17) is 0 Å². The minimum Gasteiger partial charge on any atom is -0.0622 e. The second kappa shape index (κ2) is 9.64. The largest absolute Gasteiger partial charge is 0.0622 e. The van der Waals surface area contributed by atoms with Crippen molar-refractivity contribution in [2.45, 2.75) is 19.3 Å². The molecule has 0 bridgehead atoms. The van der Waals surface area contributed by atoms with Gasteiger partial charge in [0.25, 0.3) is 0 Å². The summed E-state index contributed by atoms with van der Waals surface area (Å²) < 4.78 is 0. The Kier molecular flexibility index (Phi) is 5.44. The van der Waals surface area contributed by atoms with Crippen LogP contribution in [0.4, 0.5) is 0 Å². The van der Waals surface area contributed by atoms with Crippen molar-refractivity contribution in [3.63, 3.8) is 0 Å². The fraction of sp³-hybridized carbons (Fsp3) is 0.0638. The molecule has 1 aliphatic rings. The van der Waals surface area contributed by atoms with Crippen molar-refractivity contribution in [3.8, 4) is 44.5 Å². The Bertz CT molecular complexity index is 2690. The molecular weight excluding hydrogens is 565 g/mol. The first-order valence-corrected chi connectivity index (χ1v) is 16.6. The van der Waals surface area contributed by atoms with Crippen LogP contribution in [0.15, 0.2) is 158 Å². The average Bonchev–Trinajstić information content (AvgIpc) is 3.13. The van der Waals surface area contributed by atoms with Gasteiger partial charge in [-0.05, 0) is 105 Å². The molecule has 0 fully saturated rings. The van der Waals surface area contributed by atoms with E-state index in [0.29, 0.717) is 0 Å². The van der Waals surface area contributed by atoms with E-state index in [2.05, 4.69) is 172 Å². The lowest BCUT2D eigenvalue weighted by atomic mass is 9.68. The maximum Gasteiger partial charge on any atom is 0.0159 e. The van der Waals surface area contributed by atoms with Crippen LogP contribution >= 0.6 is 0 Å². The van der Waals surface area contributed by atoms with E-state index in [0.717, 1.165) is 0 Å². The first-order valence-electron chi connectivity index (χ1n) is 16.6. The van der Waals surface area contributed by atoms with E-state index in [1.807, 2.05) is 0 Å². The van der Waals surface area contributed by atoms with Crippen LogP contribution in [0.5, 0.6) is 0 Å². The molecule has 0 radical (unpaired) electrons. The van der Waals surface area contributed by atoms with Crippen LogP contribution in [0.25, 0.3) is 87.6 Å². The fourth-order valence-corrected chi connectivity index (χ4v) is 8.59. The second-order valence-corrected chi connectivity index (χ2v) is 13.7. The number of fused-ring (bicyclic) bond motifs is 2. The van der Waals surface area contributed by atoms with Gasteiger partial charge in [-0.2, -0.15) is 0 Å². The maximum absolute atomic E-state index is 2.40. The van der Waals surface area contributed by atoms with E-state index in [-0.39, 0.29) is 5.41 Å². The highest BCUT2D eigenvalue weighted by Gasteiger charge is 2.33. The molecule has 0 atom stereocenters. The molecule has 0 saturated heterocycles. The van der Waals surface area contributed by atoms with E-state index in [9.17, 15) is 0 Å².